The molecule has 26 heavy (non-hydrogen) atoms. The molecule has 0 atom stereocenters. The van der Waals surface area contributed by atoms with Crippen LogP contribution in [0.15, 0.2) is 59.5 Å². The molecular weight excluding hydrogens is 350 g/mol. The number of para-hydroxylation sites is 1. The van der Waals surface area contributed by atoms with Crippen molar-refractivity contribution in [3.05, 3.63) is 60.2 Å². The standard InChI is InChI=1S/C19H25N3O3S/c1-4-22(17-8-6-5-7-9-17)26(24,25)18-12-10-16(11-13-18)19(23)21(3)15-14-20-2/h5-13,20H,4,14-15H2,1-3H3. The summed E-state index contributed by atoms with van der Waals surface area (Å²) in [6, 6.07) is 15.1. The van der Waals surface area contributed by atoms with Gasteiger partial charge in [-0.15, -0.1) is 0 Å². The first-order valence-corrected chi connectivity index (χ1v) is 9.93. The molecule has 0 aliphatic rings. The second-order valence-corrected chi connectivity index (χ2v) is 7.72. The van der Waals surface area contributed by atoms with Crippen molar-refractivity contribution in [2.24, 2.45) is 0 Å². The average molecular weight is 375 g/mol. The minimum atomic E-state index is -3.68. The SMILES string of the molecule is CCN(c1ccccc1)S(=O)(=O)c1ccc(C(=O)N(C)CCNC)cc1. The molecule has 0 aromatic heterocycles. The maximum absolute atomic E-state index is 12.9. The maximum atomic E-state index is 12.9. The summed E-state index contributed by atoms with van der Waals surface area (Å²) < 4.78 is 27.2. The first-order chi connectivity index (χ1) is 12.4. The Morgan fingerprint density at radius 2 is 1.65 bits per heavy atom. The Bertz CT molecular complexity index is 821. The van der Waals surface area contributed by atoms with Gasteiger partial charge in [0.05, 0.1) is 10.6 Å². The number of hydrogen-bond donors (Lipinski definition) is 1. The Balaban J connectivity index is 2.24. The fraction of sp³-hybridized carbons (Fsp3) is 0.316. The van der Waals surface area contributed by atoms with Crippen LogP contribution in [0, 0.1) is 0 Å². The lowest BCUT2D eigenvalue weighted by molar-refractivity contribution is 0.0796. The fourth-order valence-corrected chi connectivity index (χ4v) is 4.06. The molecule has 0 spiro atoms. The third-order valence-electron chi connectivity index (χ3n) is 4.06. The number of hydrogen-bond acceptors (Lipinski definition) is 4. The molecule has 2 aromatic rings. The van der Waals surface area contributed by atoms with E-state index in [0.717, 1.165) is 0 Å². The van der Waals surface area contributed by atoms with Crippen LogP contribution >= 0.6 is 0 Å². The van der Waals surface area contributed by atoms with E-state index in [4.69, 9.17) is 0 Å². The predicted molar refractivity (Wildman–Crippen MR) is 104 cm³/mol. The van der Waals surface area contributed by atoms with Crippen molar-refractivity contribution in [2.75, 3.05) is 38.0 Å². The molecule has 0 saturated carbocycles. The molecule has 140 valence electrons. The van der Waals surface area contributed by atoms with Crippen LogP contribution in [0.25, 0.3) is 0 Å². The van der Waals surface area contributed by atoms with Gasteiger partial charge in [-0.05, 0) is 50.4 Å². The molecule has 0 bridgehead atoms. The van der Waals surface area contributed by atoms with E-state index in [1.165, 1.54) is 16.4 Å². The van der Waals surface area contributed by atoms with Crippen LogP contribution in [-0.4, -0.2) is 53.0 Å². The van der Waals surface area contributed by atoms with Crippen LogP contribution in [0.4, 0.5) is 5.69 Å². The lowest BCUT2D eigenvalue weighted by Gasteiger charge is -2.23. The van der Waals surface area contributed by atoms with Crippen molar-refractivity contribution < 1.29 is 13.2 Å². The summed E-state index contributed by atoms with van der Waals surface area (Å²) in [5.41, 5.74) is 1.08. The van der Waals surface area contributed by atoms with E-state index in [0.29, 0.717) is 30.9 Å². The van der Waals surface area contributed by atoms with E-state index in [9.17, 15) is 13.2 Å². The van der Waals surface area contributed by atoms with Gasteiger partial charge in [0.15, 0.2) is 0 Å². The molecule has 1 amide bonds. The van der Waals surface area contributed by atoms with Crippen LogP contribution in [0.5, 0.6) is 0 Å². The minimum Gasteiger partial charge on any atom is -0.340 e. The van der Waals surface area contributed by atoms with Gasteiger partial charge in [-0.2, -0.15) is 0 Å². The summed E-state index contributed by atoms with van der Waals surface area (Å²) in [6.45, 7) is 3.38. The zero-order chi connectivity index (χ0) is 19.2. The molecular formula is C19H25N3O3S. The van der Waals surface area contributed by atoms with Gasteiger partial charge in [0.25, 0.3) is 15.9 Å². The summed E-state index contributed by atoms with van der Waals surface area (Å²) in [6.07, 6.45) is 0. The Morgan fingerprint density at radius 1 is 1.04 bits per heavy atom. The summed E-state index contributed by atoms with van der Waals surface area (Å²) in [7, 11) is -0.138. The molecule has 0 heterocycles. The van der Waals surface area contributed by atoms with Crippen molar-refractivity contribution in [2.45, 2.75) is 11.8 Å². The monoisotopic (exact) mass is 375 g/mol. The molecule has 2 rings (SSSR count). The molecule has 2 aromatic carbocycles. The number of nitrogens with one attached hydrogen (secondary N) is 1. The average Bonchev–Trinajstić information content (AvgIpc) is 2.66. The van der Waals surface area contributed by atoms with Gasteiger partial charge in [-0.3, -0.25) is 9.10 Å². The number of carbonyl (C=O) groups is 1. The van der Waals surface area contributed by atoms with Crippen LogP contribution < -0.4 is 9.62 Å². The van der Waals surface area contributed by atoms with Crippen LogP contribution in [0.1, 0.15) is 17.3 Å². The molecule has 6 nitrogen and oxygen atoms in total. The van der Waals surface area contributed by atoms with Crippen molar-refractivity contribution in [3.63, 3.8) is 0 Å². The van der Waals surface area contributed by atoms with E-state index in [2.05, 4.69) is 5.32 Å². The molecule has 0 fully saturated rings. The number of amides is 1. The lowest BCUT2D eigenvalue weighted by atomic mass is 10.2. The summed E-state index contributed by atoms with van der Waals surface area (Å²) in [4.78, 5) is 14.1. The third kappa shape index (κ3) is 4.42. The Kier molecular flexibility index (Phi) is 6.76. The smallest absolute Gasteiger partial charge is 0.264 e. The summed E-state index contributed by atoms with van der Waals surface area (Å²) in [5, 5.41) is 2.99. The lowest BCUT2D eigenvalue weighted by Crippen LogP contribution is -2.33. The maximum Gasteiger partial charge on any atom is 0.264 e. The molecule has 1 N–H and O–H groups in total. The number of carbonyl (C=O) groups excluding carboxylic acids is 1. The largest absolute Gasteiger partial charge is 0.340 e. The number of anilines is 1. The van der Waals surface area contributed by atoms with Gasteiger partial charge in [0.2, 0.25) is 0 Å². The highest BCUT2D eigenvalue weighted by atomic mass is 32.2. The van der Waals surface area contributed by atoms with Crippen LogP contribution in [0.3, 0.4) is 0 Å². The highest BCUT2D eigenvalue weighted by molar-refractivity contribution is 7.92. The quantitative estimate of drug-likeness (QED) is 0.768. The van der Waals surface area contributed by atoms with E-state index in [-0.39, 0.29) is 10.8 Å². The van der Waals surface area contributed by atoms with E-state index < -0.39 is 10.0 Å². The van der Waals surface area contributed by atoms with E-state index >= 15 is 0 Å². The van der Waals surface area contributed by atoms with Gasteiger partial charge in [-0.1, -0.05) is 18.2 Å². The number of nitrogens with zero attached hydrogens (tertiary/aromatic N) is 2. The molecule has 0 unspecified atom stereocenters. The van der Waals surface area contributed by atoms with Gasteiger partial charge in [0, 0.05) is 32.2 Å². The zero-order valence-electron chi connectivity index (χ0n) is 15.3. The molecule has 0 aliphatic carbocycles. The Morgan fingerprint density at radius 3 is 2.19 bits per heavy atom. The van der Waals surface area contributed by atoms with Crippen molar-refractivity contribution in [1.82, 2.24) is 10.2 Å². The molecule has 0 saturated heterocycles. The highest BCUT2D eigenvalue weighted by Gasteiger charge is 2.24. The Labute approximate surface area is 155 Å². The second kappa shape index (κ2) is 8.82. The first-order valence-electron chi connectivity index (χ1n) is 8.49. The van der Waals surface area contributed by atoms with Crippen molar-refractivity contribution in [3.8, 4) is 0 Å². The Hall–Kier alpha value is -2.38. The van der Waals surface area contributed by atoms with Gasteiger partial charge in [0.1, 0.15) is 0 Å². The zero-order valence-corrected chi connectivity index (χ0v) is 16.2. The number of likely N-dealkylation sites (N-methyl/N-ethyl adjacent to an activating group) is 2. The predicted octanol–water partition coefficient (Wildman–Crippen LogP) is 2.19. The van der Waals surface area contributed by atoms with Crippen molar-refractivity contribution >= 4 is 21.6 Å². The number of benzene rings is 2. The van der Waals surface area contributed by atoms with Gasteiger partial charge >= 0.3 is 0 Å². The van der Waals surface area contributed by atoms with Crippen LogP contribution in [-0.2, 0) is 10.0 Å². The molecule has 7 heteroatoms. The van der Waals surface area contributed by atoms with E-state index in [1.54, 1.807) is 55.3 Å². The number of rotatable bonds is 8. The molecule has 0 radical (unpaired) electrons. The van der Waals surface area contributed by atoms with Gasteiger partial charge < -0.3 is 10.2 Å². The summed E-state index contributed by atoms with van der Waals surface area (Å²) >= 11 is 0. The topological polar surface area (TPSA) is 69.7 Å². The van der Waals surface area contributed by atoms with Crippen molar-refractivity contribution in [1.29, 1.82) is 0 Å². The first kappa shape index (κ1) is 19.9. The third-order valence-corrected chi connectivity index (χ3v) is 5.98. The highest BCUT2D eigenvalue weighted by Crippen LogP contribution is 2.23. The minimum absolute atomic E-state index is 0.139. The van der Waals surface area contributed by atoms with Crippen LogP contribution in [0.2, 0.25) is 0 Å². The second-order valence-electron chi connectivity index (χ2n) is 5.86. The van der Waals surface area contributed by atoms with E-state index in [1.807, 2.05) is 13.1 Å². The fourth-order valence-electron chi connectivity index (χ4n) is 2.58. The molecule has 0 aliphatic heterocycles. The number of sulfonamides is 1. The van der Waals surface area contributed by atoms with Gasteiger partial charge in [-0.25, -0.2) is 8.42 Å². The normalized spacial score (nSPS) is 11.2. The summed E-state index contributed by atoms with van der Waals surface area (Å²) in [5.74, 6) is -0.139.